The number of amides is 1. The van der Waals surface area contributed by atoms with Crippen molar-refractivity contribution in [1.82, 2.24) is 10.2 Å². The Bertz CT molecular complexity index is 339. The quantitative estimate of drug-likeness (QED) is 0.349. The number of hydrogen-bond donors (Lipinski definition) is 4. The fraction of sp³-hybridized carbons (Fsp3) is 0.667. The Morgan fingerprint density at radius 1 is 1.47 bits per heavy atom. The topological polar surface area (TPSA) is 102 Å². The lowest BCUT2D eigenvalue weighted by molar-refractivity contribution is -0.122. The largest absolute Gasteiger partial charge is 0.394 e. The normalized spacial score (nSPS) is 41.8. The summed E-state index contributed by atoms with van der Waals surface area (Å²) >= 11 is 3.20. The predicted molar refractivity (Wildman–Crippen MR) is 59.6 cm³/mol. The van der Waals surface area contributed by atoms with Gasteiger partial charge in [0, 0.05) is 12.3 Å². The Morgan fingerprint density at radius 3 is 2.71 bits per heavy atom. The minimum absolute atomic E-state index is 0.269. The van der Waals surface area contributed by atoms with Crippen molar-refractivity contribution in [3.05, 3.63) is 12.3 Å². The molecular formula is C9H13BrN2O5. The number of halogens is 1. The van der Waals surface area contributed by atoms with Crippen molar-refractivity contribution in [2.45, 2.75) is 29.6 Å². The summed E-state index contributed by atoms with van der Waals surface area (Å²) in [7, 11) is 0. The molecule has 0 aromatic rings. The Kier molecular flexibility index (Phi) is 3.69. The van der Waals surface area contributed by atoms with Crippen molar-refractivity contribution in [3.63, 3.8) is 0 Å². The van der Waals surface area contributed by atoms with Crippen LogP contribution in [0.2, 0.25) is 0 Å². The Hall–Kier alpha value is -0.670. The van der Waals surface area contributed by atoms with Crippen molar-refractivity contribution in [1.29, 1.82) is 0 Å². The van der Waals surface area contributed by atoms with Gasteiger partial charge in [-0.1, -0.05) is 0 Å². The zero-order valence-corrected chi connectivity index (χ0v) is 10.3. The van der Waals surface area contributed by atoms with Crippen LogP contribution < -0.4 is 5.32 Å². The van der Waals surface area contributed by atoms with E-state index in [-0.39, 0.29) is 12.5 Å². The van der Waals surface area contributed by atoms with Gasteiger partial charge in [0.05, 0.1) is 6.61 Å². The first-order chi connectivity index (χ1) is 8.04. The monoisotopic (exact) mass is 308 g/mol. The number of alkyl halides is 1. The van der Waals surface area contributed by atoms with Gasteiger partial charge in [0.1, 0.15) is 18.3 Å². The van der Waals surface area contributed by atoms with Crippen LogP contribution in [0.15, 0.2) is 12.3 Å². The molecule has 17 heavy (non-hydrogen) atoms. The number of carbonyl (C=O) groups is 1. The lowest BCUT2D eigenvalue weighted by atomic mass is 10.1. The molecule has 0 spiro atoms. The van der Waals surface area contributed by atoms with Crippen LogP contribution in [-0.4, -0.2) is 62.3 Å². The fourth-order valence-corrected chi connectivity index (χ4v) is 2.40. The molecule has 96 valence electrons. The number of ether oxygens (including phenoxy) is 1. The van der Waals surface area contributed by atoms with Gasteiger partial charge in [-0.25, -0.2) is 0 Å². The molecule has 8 heteroatoms. The fourth-order valence-electron chi connectivity index (χ4n) is 1.81. The van der Waals surface area contributed by atoms with Crippen LogP contribution in [0.25, 0.3) is 0 Å². The van der Waals surface area contributed by atoms with Gasteiger partial charge in [-0.2, -0.15) is 0 Å². The van der Waals surface area contributed by atoms with Crippen molar-refractivity contribution in [2.24, 2.45) is 0 Å². The highest BCUT2D eigenvalue weighted by molar-refractivity contribution is 9.09. The molecule has 0 saturated carbocycles. The van der Waals surface area contributed by atoms with E-state index in [2.05, 4.69) is 21.2 Å². The van der Waals surface area contributed by atoms with Crippen LogP contribution in [-0.2, 0) is 9.53 Å². The number of carbonyl (C=O) groups excluding carboxylic acids is 1. The first-order valence-electron chi connectivity index (χ1n) is 5.07. The maximum absolute atomic E-state index is 11.1. The Morgan fingerprint density at radius 2 is 2.18 bits per heavy atom. The van der Waals surface area contributed by atoms with Crippen molar-refractivity contribution in [3.8, 4) is 0 Å². The zero-order chi connectivity index (χ0) is 12.6. The van der Waals surface area contributed by atoms with Crippen molar-refractivity contribution >= 4 is 21.8 Å². The number of rotatable bonds is 2. The number of aliphatic hydroxyl groups is 3. The van der Waals surface area contributed by atoms with Gasteiger partial charge in [-0.15, -0.1) is 0 Å². The number of nitrogens with zero attached hydrogens (tertiary/aromatic N) is 1. The van der Waals surface area contributed by atoms with Crippen molar-refractivity contribution < 1.29 is 24.9 Å². The van der Waals surface area contributed by atoms with Gasteiger partial charge in [-0.3, -0.25) is 4.79 Å². The highest BCUT2D eigenvalue weighted by Crippen LogP contribution is 2.27. The van der Waals surface area contributed by atoms with Gasteiger partial charge >= 0.3 is 0 Å². The van der Waals surface area contributed by atoms with Crippen LogP contribution >= 0.6 is 15.9 Å². The van der Waals surface area contributed by atoms with Crippen molar-refractivity contribution in [2.75, 3.05) is 6.61 Å². The van der Waals surface area contributed by atoms with E-state index in [4.69, 9.17) is 9.84 Å². The van der Waals surface area contributed by atoms with E-state index in [1.165, 1.54) is 17.2 Å². The summed E-state index contributed by atoms with van der Waals surface area (Å²) in [5, 5.41) is 30.4. The molecule has 4 N–H and O–H groups in total. The van der Waals surface area contributed by atoms with E-state index in [9.17, 15) is 15.0 Å². The maximum atomic E-state index is 11.1. The molecule has 0 bridgehead atoms. The number of aliphatic hydroxyl groups excluding tert-OH is 3. The summed E-state index contributed by atoms with van der Waals surface area (Å²) in [6.45, 7) is -0.383. The van der Waals surface area contributed by atoms with Gasteiger partial charge in [0.2, 0.25) is 5.91 Å². The molecule has 1 saturated heterocycles. The third-order valence-corrected chi connectivity index (χ3v) is 3.43. The van der Waals surface area contributed by atoms with E-state index < -0.39 is 29.6 Å². The molecule has 1 amide bonds. The molecule has 0 unspecified atom stereocenters. The summed E-state index contributed by atoms with van der Waals surface area (Å²) in [4.78, 5) is 12.6. The second-order valence-corrected chi connectivity index (χ2v) is 4.70. The summed E-state index contributed by atoms with van der Waals surface area (Å²) in [5.41, 5.74) is 0. The molecule has 2 heterocycles. The molecule has 2 aliphatic heterocycles. The summed E-state index contributed by atoms with van der Waals surface area (Å²) < 4.78 is 5.32. The molecule has 7 nitrogen and oxygen atoms in total. The zero-order valence-electron chi connectivity index (χ0n) is 8.73. The second-order valence-electron chi connectivity index (χ2n) is 3.84. The lowest BCUT2D eigenvalue weighted by Gasteiger charge is -2.35. The third-order valence-electron chi connectivity index (χ3n) is 2.73. The first kappa shape index (κ1) is 12.8. The van der Waals surface area contributed by atoms with E-state index in [0.717, 1.165) is 0 Å². The Balaban J connectivity index is 2.13. The first-order valence-corrected chi connectivity index (χ1v) is 5.99. The van der Waals surface area contributed by atoms with Gasteiger partial charge in [0.25, 0.3) is 0 Å². The van der Waals surface area contributed by atoms with E-state index in [0.29, 0.717) is 0 Å². The van der Waals surface area contributed by atoms with Crippen LogP contribution in [0.1, 0.15) is 0 Å². The van der Waals surface area contributed by atoms with Crippen LogP contribution in [0, 0.1) is 0 Å². The molecule has 2 rings (SSSR count). The minimum Gasteiger partial charge on any atom is -0.394 e. The molecule has 2 aliphatic rings. The molecule has 5 atom stereocenters. The number of nitrogens with one attached hydrogen (secondary N) is 1. The van der Waals surface area contributed by atoms with E-state index >= 15 is 0 Å². The SMILES string of the molecule is O=C1C=CN([C@@H]2O[C@H](CO)[C@@H](O)[C@H]2O)[C@@H](Br)N1. The molecule has 0 aromatic carbocycles. The van der Waals surface area contributed by atoms with Crippen LogP contribution in [0.5, 0.6) is 0 Å². The van der Waals surface area contributed by atoms with Gasteiger partial charge in [-0.05, 0) is 15.9 Å². The minimum atomic E-state index is -1.16. The molecule has 0 aromatic heterocycles. The average molecular weight is 309 g/mol. The summed E-state index contributed by atoms with van der Waals surface area (Å²) in [5.74, 6) is -0.269. The smallest absolute Gasteiger partial charge is 0.247 e. The average Bonchev–Trinajstić information content (AvgIpc) is 2.57. The summed E-state index contributed by atoms with van der Waals surface area (Å²) in [6.07, 6.45) is -1.24. The molecule has 0 aliphatic carbocycles. The lowest BCUT2D eigenvalue weighted by Crippen LogP contribution is -2.52. The second kappa shape index (κ2) is 4.91. The van der Waals surface area contributed by atoms with Gasteiger partial charge in [0.15, 0.2) is 11.3 Å². The standard InChI is InChI=1S/C9H13BrN2O5/c10-9-11-5(14)1-2-12(9)8-7(16)6(15)4(3-13)17-8/h1-2,4,6-9,13,15-16H,3H2,(H,11,14)/t4-,6-,7-,8-,9+/m1/s1. The predicted octanol–water partition coefficient (Wildman–Crippen LogP) is -1.95. The van der Waals surface area contributed by atoms with E-state index in [1.807, 2.05) is 0 Å². The number of hydrogen-bond acceptors (Lipinski definition) is 6. The van der Waals surface area contributed by atoms with Gasteiger partial charge < -0.3 is 30.3 Å². The molecule has 1 fully saturated rings. The highest BCUT2D eigenvalue weighted by atomic mass is 79.9. The third kappa shape index (κ3) is 2.31. The molecular weight excluding hydrogens is 296 g/mol. The maximum Gasteiger partial charge on any atom is 0.247 e. The van der Waals surface area contributed by atoms with Crippen LogP contribution in [0.4, 0.5) is 0 Å². The Labute approximate surface area is 106 Å². The summed E-state index contributed by atoms with van der Waals surface area (Å²) in [6, 6.07) is 0. The van der Waals surface area contributed by atoms with Crippen LogP contribution in [0.3, 0.4) is 0 Å². The molecule has 0 radical (unpaired) electrons. The van der Waals surface area contributed by atoms with E-state index in [1.54, 1.807) is 0 Å². The highest BCUT2D eigenvalue weighted by Gasteiger charge is 2.46.